The molecule has 25 heavy (non-hydrogen) atoms. The van der Waals surface area contributed by atoms with Crippen LogP contribution >= 0.6 is 11.3 Å². The number of halogens is 3. The van der Waals surface area contributed by atoms with Crippen LogP contribution in [-0.2, 0) is 23.0 Å². The lowest BCUT2D eigenvalue weighted by molar-refractivity contribution is -0.0429. The molecule has 0 atom stereocenters. The number of hydrogen-bond acceptors (Lipinski definition) is 4. The zero-order chi connectivity index (χ0) is 18.2. The number of nitrogens with zero attached hydrogens (tertiary/aromatic N) is 1. The van der Waals surface area contributed by atoms with Gasteiger partial charge >= 0.3 is 15.5 Å². The van der Waals surface area contributed by atoms with Crippen molar-refractivity contribution in [3.05, 3.63) is 51.7 Å². The number of amides is 1. The number of anilines is 1. The molecule has 1 aliphatic heterocycles. The second kappa shape index (κ2) is 6.34. The molecular formula is C15H13F3N2O3S2. The Balaban J connectivity index is 1.69. The maximum Gasteiger partial charge on any atom is 0.516 e. The van der Waals surface area contributed by atoms with E-state index in [1.807, 2.05) is 5.38 Å². The summed E-state index contributed by atoms with van der Waals surface area (Å²) in [5.41, 5.74) is -4.18. The van der Waals surface area contributed by atoms with Gasteiger partial charge in [-0.3, -0.25) is 9.52 Å². The van der Waals surface area contributed by atoms with Gasteiger partial charge in [-0.2, -0.15) is 21.6 Å². The number of carbonyl (C=O) groups excluding carboxylic acids is 1. The van der Waals surface area contributed by atoms with E-state index in [1.54, 1.807) is 22.3 Å². The van der Waals surface area contributed by atoms with Crippen LogP contribution in [0.5, 0.6) is 0 Å². The van der Waals surface area contributed by atoms with Gasteiger partial charge in [0.25, 0.3) is 5.91 Å². The van der Waals surface area contributed by atoms with Gasteiger partial charge in [0.2, 0.25) is 0 Å². The van der Waals surface area contributed by atoms with Crippen molar-refractivity contribution in [2.75, 3.05) is 11.3 Å². The number of alkyl halides is 3. The highest BCUT2D eigenvalue weighted by Gasteiger charge is 2.46. The summed E-state index contributed by atoms with van der Waals surface area (Å²) < 4.78 is 60.7. The van der Waals surface area contributed by atoms with Crippen molar-refractivity contribution in [3.8, 4) is 0 Å². The molecule has 1 amide bonds. The molecule has 5 nitrogen and oxygen atoms in total. The van der Waals surface area contributed by atoms with E-state index in [1.165, 1.54) is 29.0 Å². The molecule has 1 aromatic heterocycles. The molecular weight excluding hydrogens is 377 g/mol. The predicted molar refractivity (Wildman–Crippen MR) is 87.8 cm³/mol. The number of carbonyl (C=O) groups is 1. The van der Waals surface area contributed by atoms with Gasteiger partial charge in [0.1, 0.15) is 0 Å². The Bertz CT molecular complexity index is 889. The first-order chi connectivity index (χ1) is 11.7. The molecule has 134 valence electrons. The van der Waals surface area contributed by atoms with E-state index in [9.17, 15) is 26.4 Å². The number of hydrogen-bond donors (Lipinski definition) is 1. The largest absolute Gasteiger partial charge is 0.516 e. The molecule has 2 aromatic rings. The summed E-state index contributed by atoms with van der Waals surface area (Å²) in [6.07, 6.45) is 0.766. The first kappa shape index (κ1) is 17.7. The van der Waals surface area contributed by atoms with Gasteiger partial charge < -0.3 is 4.90 Å². The van der Waals surface area contributed by atoms with Crippen LogP contribution < -0.4 is 4.72 Å². The number of nitrogens with one attached hydrogen (secondary N) is 1. The van der Waals surface area contributed by atoms with Crippen LogP contribution in [0.2, 0.25) is 0 Å². The molecule has 0 spiro atoms. The average molecular weight is 390 g/mol. The predicted octanol–water partition coefficient (Wildman–Crippen LogP) is 3.21. The van der Waals surface area contributed by atoms with Crippen molar-refractivity contribution < 1.29 is 26.4 Å². The van der Waals surface area contributed by atoms with Crippen molar-refractivity contribution in [2.24, 2.45) is 0 Å². The number of sulfonamides is 1. The van der Waals surface area contributed by atoms with E-state index in [-0.39, 0.29) is 11.6 Å². The zero-order valence-electron chi connectivity index (χ0n) is 12.7. The molecule has 0 fully saturated rings. The molecule has 1 aromatic carbocycles. The van der Waals surface area contributed by atoms with Crippen LogP contribution in [0.3, 0.4) is 0 Å². The Labute approximate surface area is 146 Å². The minimum Gasteiger partial charge on any atom is -0.334 e. The molecule has 0 radical (unpaired) electrons. The molecule has 0 aliphatic carbocycles. The summed E-state index contributed by atoms with van der Waals surface area (Å²) in [4.78, 5) is 15.1. The highest BCUT2D eigenvalue weighted by molar-refractivity contribution is 7.93. The van der Waals surface area contributed by atoms with Crippen molar-refractivity contribution in [1.82, 2.24) is 4.90 Å². The number of thiophene rings is 1. The number of rotatable bonds is 4. The minimum absolute atomic E-state index is 0.0793. The Morgan fingerprint density at radius 1 is 1.16 bits per heavy atom. The molecule has 0 saturated carbocycles. The Morgan fingerprint density at radius 3 is 2.48 bits per heavy atom. The van der Waals surface area contributed by atoms with E-state index in [2.05, 4.69) is 0 Å². The van der Waals surface area contributed by atoms with Gasteiger partial charge in [0.05, 0.1) is 5.56 Å². The second-order valence-corrected chi connectivity index (χ2v) is 8.16. The molecule has 0 saturated heterocycles. The maximum atomic E-state index is 12.4. The average Bonchev–Trinajstić information content (AvgIpc) is 3.00. The molecule has 0 bridgehead atoms. The Kier molecular flexibility index (Phi) is 4.50. The lowest BCUT2D eigenvalue weighted by Gasteiger charge is -2.27. The normalized spacial score (nSPS) is 15.2. The first-order valence-corrected chi connectivity index (χ1v) is 9.57. The molecule has 1 N–H and O–H groups in total. The van der Waals surface area contributed by atoms with E-state index in [4.69, 9.17) is 0 Å². The summed E-state index contributed by atoms with van der Waals surface area (Å²) in [7, 11) is -5.44. The zero-order valence-corrected chi connectivity index (χ0v) is 14.3. The molecule has 2 heterocycles. The number of benzene rings is 1. The lowest BCUT2D eigenvalue weighted by Crippen LogP contribution is -2.36. The van der Waals surface area contributed by atoms with Gasteiger partial charge in [-0.1, -0.05) is 12.1 Å². The highest BCUT2D eigenvalue weighted by atomic mass is 32.2. The quantitative estimate of drug-likeness (QED) is 0.872. The summed E-state index contributed by atoms with van der Waals surface area (Å²) in [5, 5.41) is 1.87. The van der Waals surface area contributed by atoms with Gasteiger partial charge in [0, 0.05) is 30.1 Å². The van der Waals surface area contributed by atoms with Gasteiger partial charge in [-0.15, -0.1) is 11.3 Å². The molecule has 3 rings (SSSR count). The van der Waals surface area contributed by atoms with Crippen LogP contribution in [0.25, 0.3) is 0 Å². The van der Waals surface area contributed by atoms with Crippen molar-refractivity contribution in [3.63, 3.8) is 0 Å². The fraction of sp³-hybridized carbons (Fsp3) is 0.267. The fourth-order valence-corrected chi connectivity index (χ4v) is 3.92. The van der Waals surface area contributed by atoms with Gasteiger partial charge in [-0.05, 0) is 29.1 Å². The highest BCUT2D eigenvalue weighted by Crippen LogP contribution is 2.27. The van der Waals surface area contributed by atoms with E-state index < -0.39 is 15.5 Å². The van der Waals surface area contributed by atoms with Crippen molar-refractivity contribution >= 4 is 33.0 Å². The summed E-state index contributed by atoms with van der Waals surface area (Å²) in [6, 6.07) is 7.24. The van der Waals surface area contributed by atoms with Crippen LogP contribution in [0.1, 0.15) is 20.8 Å². The molecule has 0 unspecified atom stereocenters. The van der Waals surface area contributed by atoms with Crippen LogP contribution in [-0.4, -0.2) is 31.3 Å². The van der Waals surface area contributed by atoms with Crippen LogP contribution in [0.4, 0.5) is 18.9 Å². The SMILES string of the molecule is O=C1c2ccsc2CCN1Cc1ccc(NS(=O)(=O)C(F)(F)F)cc1. The standard InChI is InChI=1S/C15H13F3N2O3S2/c16-15(17,18)25(22,23)19-11-3-1-10(2-4-11)9-20-7-5-13-12(14(20)21)6-8-24-13/h1-4,6,8,19H,5,7,9H2. The van der Waals surface area contributed by atoms with E-state index in [0.717, 1.165) is 11.3 Å². The van der Waals surface area contributed by atoms with E-state index >= 15 is 0 Å². The first-order valence-electron chi connectivity index (χ1n) is 7.21. The van der Waals surface area contributed by atoms with Crippen LogP contribution in [0.15, 0.2) is 35.7 Å². The van der Waals surface area contributed by atoms with Gasteiger partial charge in [0.15, 0.2) is 0 Å². The third kappa shape index (κ3) is 3.64. The van der Waals surface area contributed by atoms with Crippen LogP contribution in [0, 0.1) is 0 Å². The fourth-order valence-electron chi connectivity index (χ4n) is 2.50. The minimum atomic E-state index is -5.44. The smallest absolute Gasteiger partial charge is 0.334 e. The topological polar surface area (TPSA) is 66.5 Å². The number of fused-ring (bicyclic) bond motifs is 1. The maximum absolute atomic E-state index is 12.4. The Morgan fingerprint density at radius 2 is 1.84 bits per heavy atom. The monoisotopic (exact) mass is 390 g/mol. The summed E-state index contributed by atoms with van der Waals surface area (Å²) >= 11 is 1.54. The third-order valence-electron chi connectivity index (χ3n) is 3.76. The lowest BCUT2D eigenvalue weighted by atomic mass is 10.1. The van der Waals surface area contributed by atoms with Gasteiger partial charge in [-0.25, -0.2) is 0 Å². The third-order valence-corrected chi connectivity index (χ3v) is 5.85. The second-order valence-electron chi connectivity index (χ2n) is 5.48. The molecule has 1 aliphatic rings. The molecule has 10 heteroatoms. The Hall–Kier alpha value is -2.07. The van der Waals surface area contributed by atoms with Crippen molar-refractivity contribution in [2.45, 2.75) is 18.5 Å². The van der Waals surface area contributed by atoms with E-state index in [0.29, 0.717) is 24.2 Å². The van der Waals surface area contributed by atoms with Crippen molar-refractivity contribution in [1.29, 1.82) is 0 Å². The summed E-state index contributed by atoms with van der Waals surface area (Å²) in [5.74, 6) is -0.0793. The summed E-state index contributed by atoms with van der Waals surface area (Å²) in [6.45, 7) is 0.870.